The highest BCUT2D eigenvalue weighted by Crippen LogP contribution is 2.41. The van der Waals surface area contributed by atoms with Crippen molar-refractivity contribution in [1.82, 2.24) is 4.57 Å². The number of nitrogens with one attached hydrogen (secondary N) is 1. The maximum atomic E-state index is 14.3. The molecule has 1 amide bonds. The molecule has 1 saturated heterocycles. The summed E-state index contributed by atoms with van der Waals surface area (Å²) in [6.45, 7) is -0.675. The third-order valence-electron chi connectivity index (χ3n) is 7.33. The number of aliphatic hydroxyl groups is 4. The van der Waals surface area contributed by atoms with Crippen LogP contribution in [0.5, 0.6) is 5.75 Å². The molecule has 0 bridgehead atoms. The standard InChI is InChI=1S/C32H29N3O7S/c1-41-21-14-12-18(13-15-21)24-22(16-33)32(43)35(31-29(39)28(38)27(37)23(17-36)42-31)26(19-8-4-2-5-9-19)25(24)30(40)34-20-10-6-3-7-11-20/h2-15,23,27-29,31,36-39H,17H2,1H3,(H,34,40). The molecule has 1 fully saturated rings. The van der Waals surface area contributed by atoms with Gasteiger partial charge in [-0.25, -0.2) is 0 Å². The normalized spacial score (nSPS) is 21.5. The first-order chi connectivity index (χ1) is 20.8. The van der Waals surface area contributed by atoms with Crippen LogP contribution in [-0.2, 0) is 4.74 Å². The molecule has 5 atom stereocenters. The predicted octanol–water partition coefficient (Wildman–Crippen LogP) is 3.66. The fourth-order valence-corrected chi connectivity index (χ4v) is 5.54. The van der Waals surface area contributed by atoms with Crippen molar-refractivity contribution in [3.05, 3.63) is 101 Å². The highest BCUT2D eigenvalue weighted by Gasteiger charge is 2.46. The summed E-state index contributed by atoms with van der Waals surface area (Å²) < 4.78 is 12.4. The summed E-state index contributed by atoms with van der Waals surface area (Å²) in [6.07, 6.45) is -7.84. The van der Waals surface area contributed by atoms with Gasteiger partial charge in [0.2, 0.25) is 0 Å². The highest BCUT2D eigenvalue weighted by atomic mass is 32.1. The monoisotopic (exact) mass is 599 g/mol. The molecule has 4 aromatic rings. The van der Waals surface area contributed by atoms with Crippen LogP contribution in [0.4, 0.5) is 5.69 Å². The summed E-state index contributed by atoms with van der Waals surface area (Å²) in [5.74, 6) is -0.0209. The van der Waals surface area contributed by atoms with Gasteiger partial charge in [-0.2, -0.15) is 5.26 Å². The lowest BCUT2D eigenvalue weighted by Crippen LogP contribution is -2.56. The summed E-state index contributed by atoms with van der Waals surface area (Å²) in [5, 5.41) is 55.6. The Kier molecular flexibility index (Phi) is 8.98. The van der Waals surface area contributed by atoms with Crippen molar-refractivity contribution in [3.63, 3.8) is 0 Å². The third-order valence-corrected chi connectivity index (χ3v) is 7.73. The number of benzene rings is 3. The zero-order valence-electron chi connectivity index (χ0n) is 23.0. The van der Waals surface area contributed by atoms with E-state index in [9.17, 15) is 30.5 Å². The number of hydrogen-bond acceptors (Lipinski definition) is 9. The molecule has 0 aliphatic carbocycles. The Morgan fingerprint density at radius 3 is 2.16 bits per heavy atom. The largest absolute Gasteiger partial charge is 0.497 e. The maximum Gasteiger partial charge on any atom is 0.258 e. The van der Waals surface area contributed by atoms with Crippen molar-refractivity contribution >= 4 is 23.8 Å². The molecule has 0 saturated carbocycles. The van der Waals surface area contributed by atoms with E-state index in [4.69, 9.17) is 21.7 Å². The number of hydrogen-bond donors (Lipinski definition) is 5. The van der Waals surface area contributed by atoms with Crippen molar-refractivity contribution in [1.29, 1.82) is 5.26 Å². The molecule has 1 aliphatic rings. The molecule has 11 heteroatoms. The smallest absolute Gasteiger partial charge is 0.258 e. The van der Waals surface area contributed by atoms with E-state index in [0.717, 1.165) is 0 Å². The molecule has 2 heterocycles. The number of pyridine rings is 1. The Balaban J connectivity index is 1.89. The van der Waals surface area contributed by atoms with Crippen LogP contribution in [0.25, 0.3) is 22.4 Å². The van der Waals surface area contributed by atoms with E-state index < -0.39 is 43.2 Å². The number of carbonyl (C=O) groups excluding carboxylic acids is 1. The fraction of sp³-hybridized carbons (Fsp3) is 0.219. The Bertz CT molecular complexity index is 1700. The van der Waals surface area contributed by atoms with Gasteiger partial charge in [-0.15, -0.1) is 0 Å². The molecule has 1 aromatic heterocycles. The number of aromatic nitrogens is 1. The van der Waals surface area contributed by atoms with Gasteiger partial charge in [-0.1, -0.05) is 72.9 Å². The Morgan fingerprint density at radius 1 is 0.953 bits per heavy atom. The van der Waals surface area contributed by atoms with Crippen molar-refractivity contribution in [2.75, 3.05) is 19.0 Å². The molecule has 0 radical (unpaired) electrons. The second-order valence-corrected chi connectivity index (χ2v) is 10.3. The molecule has 0 spiro atoms. The lowest BCUT2D eigenvalue weighted by Gasteiger charge is -2.42. The lowest BCUT2D eigenvalue weighted by molar-refractivity contribution is -0.251. The van der Waals surface area contributed by atoms with Gasteiger partial charge in [0, 0.05) is 11.3 Å². The van der Waals surface area contributed by atoms with Gasteiger partial charge in [-0.3, -0.25) is 4.79 Å². The highest BCUT2D eigenvalue weighted by molar-refractivity contribution is 7.71. The molecule has 220 valence electrons. The van der Waals surface area contributed by atoms with Gasteiger partial charge in [0.1, 0.15) is 40.9 Å². The molecule has 10 nitrogen and oxygen atoms in total. The number of anilines is 1. The summed E-state index contributed by atoms with van der Waals surface area (Å²) in [4.78, 5) is 14.3. The minimum absolute atomic E-state index is 0.0438. The lowest BCUT2D eigenvalue weighted by atomic mass is 9.90. The number of methoxy groups -OCH3 is 1. The van der Waals surface area contributed by atoms with Crippen LogP contribution in [0.3, 0.4) is 0 Å². The Morgan fingerprint density at radius 2 is 1.58 bits per heavy atom. The predicted molar refractivity (Wildman–Crippen MR) is 161 cm³/mol. The van der Waals surface area contributed by atoms with E-state index in [-0.39, 0.29) is 27.0 Å². The first-order valence-corrected chi connectivity index (χ1v) is 13.8. The van der Waals surface area contributed by atoms with E-state index >= 15 is 0 Å². The zero-order valence-corrected chi connectivity index (χ0v) is 23.8. The first-order valence-electron chi connectivity index (χ1n) is 13.4. The van der Waals surface area contributed by atoms with Crippen molar-refractivity contribution < 1.29 is 34.7 Å². The number of aliphatic hydroxyl groups excluding tert-OH is 4. The minimum atomic E-state index is -1.74. The number of amides is 1. The van der Waals surface area contributed by atoms with Gasteiger partial charge < -0.3 is 39.8 Å². The average Bonchev–Trinajstić information content (AvgIpc) is 3.04. The Hall–Kier alpha value is -4.41. The van der Waals surface area contributed by atoms with E-state index in [0.29, 0.717) is 22.6 Å². The summed E-state index contributed by atoms with van der Waals surface area (Å²) in [6, 6.07) is 26.4. The summed E-state index contributed by atoms with van der Waals surface area (Å²) in [5.41, 5.74) is 1.89. The third kappa shape index (κ3) is 5.68. The number of nitrogens with zero attached hydrogens (tertiary/aromatic N) is 2. The second kappa shape index (κ2) is 12.8. The van der Waals surface area contributed by atoms with Gasteiger partial charge in [0.05, 0.1) is 30.5 Å². The quantitative estimate of drug-likeness (QED) is 0.200. The number of carbonyl (C=O) groups is 1. The van der Waals surface area contributed by atoms with Gasteiger partial charge in [0.25, 0.3) is 5.91 Å². The zero-order chi connectivity index (χ0) is 30.7. The molecule has 43 heavy (non-hydrogen) atoms. The molecule has 1 aliphatic heterocycles. The molecule has 5 unspecified atom stereocenters. The number of nitriles is 1. The van der Waals surface area contributed by atoms with Gasteiger partial charge >= 0.3 is 0 Å². The molecule has 5 N–H and O–H groups in total. The average molecular weight is 600 g/mol. The van der Waals surface area contributed by atoms with E-state index in [1.165, 1.54) is 11.7 Å². The van der Waals surface area contributed by atoms with Crippen LogP contribution in [0.15, 0.2) is 84.9 Å². The first kappa shape index (κ1) is 30.1. The number of ether oxygens (including phenoxy) is 2. The second-order valence-electron chi connectivity index (χ2n) is 9.89. The van der Waals surface area contributed by atoms with E-state index in [1.54, 1.807) is 84.9 Å². The van der Waals surface area contributed by atoms with Crippen LogP contribution in [-0.4, -0.2) is 69.0 Å². The van der Waals surface area contributed by atoms with Crippen LogP contribution in [0, 0.1) is 16.0 Å². The topological polar surface area (TPSA) is 157 Å². The van der Waals surface area contributed by atoms with Gasteiger partial charge in [0.15, 0.2) is 6.23 Å². The van der Waals surface area contributed by atoms with Crippen molar-refractivity contribution in [2.24, 2.45) is 0 Å². The molecular weight excluding hydrogens is 570 g/mol. The van der Waals surface area contributed by atoms with Crippen molar-refractivity contribution in [3.8, 4) is 34.2 Å². The minimum Gasteiger partial charge on any atom is -0.497 e. The molecule has 3 aromatic carbocycles. The summed E-state index contributed by atoms with van der Waals surface area (Å²) >= 11 is 5.85. The van der Waals surface area contributed by atoms with Crippen molar-refractivity contribution in [2.45, 2.75) is 30.6 Å². The van der Waals surface area contributed by atoms with Crippen LogP contribution < -0.4 is 10.1 Å². The SMILES string of the molecule is COc1ccc(-c2c(C(=O)Nc3ccccc3)c(-c3ccccc3)n(C3OC(CO)C(O)C(O)C3O)c(=S)c2C#N)cc1. The van der Waals surface area contributed by atoms with Crippen LogP contribution in [0.2, 0.25) is 0 Å². The van der Waals surface area contributed by atoms with Crippen LogP contribution >= 0.6 is 12.2 Å². The Labute approximate surface area is 252 Å². The van der Waals surface area contributed by atoms with E-state index in [1.807, 2.05) is 0 Å². The van der Waals surface area contributed by atoms with E-state index in [2.05, 4.69) is 11.4 Å². The van der Waals surface area contributed by atoms with Gasteiger partial charge in [-0.05, 0) is 35.4 Å². The number of rotatable bonds is 7. The summed E-state index contributed by atoms with van der Waals surface area (Å²) in [7, 11) is 1.52. The molecule has 5 rings (SSSR count). The molecular formula is C32H29N3O7S. The maximum absolute atomic E-state index is 14.3. The van der Waals surface area contributed by atoms with Crippen LogP contribution in [0.1, 0.15) is 22.1 Å². The number of para-hydroxylation sites is 1. The fourth-order valence-electron chi connectivity index (χ4n) is 5.20.